The van der Waals surface area contributed by atoms with Crippen LogP contribution < -0.4 is 0 Å². The SMILES string of the molecule is CCC(OC(=O)/C=C\C(=O)OC)N1CCCCCC1=O. The van der Waals surface area contributed by atoms with Gasteiger partial charge in [0.15, 0.2) is 6.23 Å². The Kier molecular flexibility index (Phi) is 6.76. The smallest absolute Gasteiger partial charge is 0.332 e. The van der Waals surface area contributed by atoms with Crippen molar-refractivity contribution in [3.63, 3.8) is 0 Å². The van der Waals surface area contributed by atoms with Gasteiger partial charge >= 0.3 is 11.9 Å². The summed E-state index contributed by atoms with van der Waals surface area (Å²) in [5.41, 5.74) is 0. The molecule has 1 saturated heterocycles. The number of hydrogen-bond donors (Lipinski definition) is 0. The van der Waals surface area contributed by atoms with Crippen LogP contribution in [0.3, 0.4) is 0 Å². The molecule has 0 aromatic rings. The molecule has 0 saturated carbocycles. The van der Waals surface area contributed by atoms with Gasteiger partial charge in [-0.15, -0.1) is 0 Å². The molecular weight excluding hydrogens is 262 g/mol. The normalized spacial score (nSPS) is 17.7. The van der Waals surface area contributed by atoms with Gasteiger partial charge in [0.2, 0.25) is 5.91 Å². The van der Waals surface area contributed by atoms with Gasteiger partial charge in [0.25, 0.3) is 0 Å². The van der Waals surface area contributed by atoms with Gasteiger partial charge in [0, 0.05) is 31.5 Å². The summed E-state index contributed by atoms with van der Waals surface area (Å²) >= 11 is 0. The molecule has 0 N–H and O–H groups in total. The fraction of sp³-hybridized carbons (Fsp3) is 0.643. The van der Waals surface area contributed by atoms with Crippen LogP contribution in [0.25, 0.3) is 0 Å². The van der Waals surface area contributed by atoms with Crippen LogP contribution >= 0.6 is 0 Å². The lowest BCUT2D eigenvalue weighted by Crippen LogP contribution is -2.42. The molecule has 0 radical (unpaired) electrons. The predicted molar refractivity (Wildman–Crippen MR) is 71.5 cm³/mol. The van der Waals surface area contributed by atoms with E-state index < -0.39 is 18.2 Å². The van der Waals surface area contributed by atoms with E-state index >= 15 is 0 Å². The fourth-order valence-electron chi connectivity index (χ4n) is 2.05. The van der Waals surface area contributed by atoms with Gasteiger partial charge in [0.1, 0.15) is 0 Å². The molecular formula is C14H21NO5. The van der Waals surface area contributed by atoms with E-state index in [9.17, 15) is 14.4 Å². The molecule has 1 rings (SSSR count). The zero-order valence-corrected chi connectivity index (χ0v) is 12.0. The summed E-state index contributed by atoms with van der Waals surface area (Å²) in [6.07, 6.45) is 5.25. The van der Waals surface area contributed by atoms with Crippen LogP contribution in [0.4, 0.5) is 0 Å². The van der Waals surface area contributed by atoms with Crippen molar-refractivity contribution in [3.8, 4) is 0 Å². The van der Waals surface area contributed by atoms with Crippen LogP contribution in [0.5, 0.6) is 0 Å². The highest BCUT2D eigenvalue weighted by Crippen LogP contribution is 2.16. The molecule has 1 aliphatic heterocycles. The Hall–Kier alpha value is -1.85. The number of ether oxygens (including phenoxy) is 2. The van der Waals surface area contributed by atoms with E-state index in [0.717, 1.165) is 31.4 Å². The van der Waals surface area contributed by atoms with E-state index in [2.05, 4.69) is 4.74 Å². The lowest BCUT2D eigenvalue weighted by Gasteiger charge is -2.29. The number of rotatable bonds is 5. The molecule has 1 aliphatic rings. The third-order valence-corrected chi connectivity index (χ3v) is 3.12. The molecule has 6 heteroatoms. The number of nitrogens with zero attached hydrogens (tertiary/aromatic N) is 1. The second-order valence-electron chi connectivity index (χ2n) is 4.55. The van der Waals surface area contributed by atoms with Gasteiger partial charge < -0.3 is 14.4 Å². The average molecular weight is 283 g/mol. The zero-order valence-electron chi connectivity index (χ0n) is 12.0. The quantitative estimate of drug-likeness (QED) is 0.563. The number of amides is 1. The molecule has 1 unspecified atom stereocenters. The summed E-state index contributed by atoms with van der Waals surface area (Å²) in [4.78, 5) is 36.1. The van der Waals surface area contributed by atoms with E-state index in [4.69, 9.17) is 4.74 Å². The Balaban J connectivity index is 2.61. The second kappa shape index (κ2) is 8.35. The van der Waals surface area contributed by atoms with Crippen LogP contribution in [-0.2, 0) is 23.9 Å². The van der Waals surface area contributed by atoms with Crippen molar-refractivity contribution in [2.75, 3.05) is 13.7 Å². The monoisotopic (exact) mass is 283 g/mol. The number of likely N-dealkylation sites (tertiary alicyclic amines) is 1. The first-order valence-corrected chi connectivity index (χ1v) is 6.84. The largest absolute Gasteiger partial charge is 0.466 e. The van der Waals surface area contributed by atoms with Gasteiger partial charge in [-0.25, -0.2) is 9.59 Å². The average Bonchev–Trinajstić information content (AvgIpc) is 2.66. The maximum absolute atomic E-state index is 12.0. The minimum Gasteiger partial charge on any atom is -0.466 e. The first-order valence-electron chi connectivity index (χ1n) is 6.84. The molecule has 112 valence electrons. The Morgan fingerprint density at radius 1 is 1.25 bits per heavy atom. The third-order valence-electron chi connectivity index (χ3n) is 3.12. The van der Waals surface area contributed by atoms with Crippen LogP contribution in [-0.4, -0.2) is 42.6 Å². The van der Waals surface area contributed by atoms with Crippen molar-refractivity contribution < 1.29 is 23.9 Å². The van der Waals surface area contributed by atoms with E-state index in [1.54, 1.807) is 4.90 Å². The first-order chi connectivity index (χ1) is 9.58. The summed E-state index contributed by atoms with van der Waals surface area (Å²) in [7, 11) is 1.22. The minimum absolute atomic E-state index is 0.0131. The number of carbonyl (C=O) groups is 3. The molecule has 1 heterocycles. The Labute approximate surface area is 118 Å². The van der Waals surface area contributed by atoms with Crippen molar-refractivity contribution in [1.82, 2.24) is 4.90 Å². The molecule has 0 aliphatic carbocycles. The maximum atomic E-state index is 12.0. The molecule has 0 aromatic heterocycles. The molecule has 1 amide bonds. The highest BCUT2D eigenvalue weighted by Gasteiger charge is 2.26. The maximum Gasteiger partial charge on any atom is 0.332 e. The van der Waals surface area contributed by atoms with Crippen LogP contribution in [0.1, 0.15) is 39.0 Å². The van der Waals surface area contributed by atoms with Gasteiger partial charge in [-0.1, -0.05) is 13.3 Å². The molecule has 1 atom stereocenters. The minimum atomic E-state index is -0.653. The van der Waals surface area contributed by atoms with Gasteiger partial charge in [0.05, 0.1) is 7.11 Å². The zero-order chi connectivity index (χ0) is 15.0. The summed E-state index contributed by atoms with van der Waals surface area (Å²) in [5, 5.41) is 0. The third kappa shape index (κ3) is 5.03. The molecule has 20 heavy (non-hydrogen) atoms. The van der Waals surface area contributed by atoms with Crippen molar-refractivity contribution >= 4 is 17.8 Å². The van der Waals surface area contributed by atoms with Crippen molar-refractivity contribution in [2.45, 2.75) is 45.3 Å². The van der Waals surface area contributed by atoms with Crippen LogP contribution in [0.2, 0.25) is 0 Å². The highest BCUT2D eigenvalue weighted by atomic mass is 16.6. The van der Waals surface area contributed by atoms with Crippen molar-refractivity contribution in [1.29, 1.82) is 0 Å². The molecule has 0 aromatic carbocycles. The summed E-state index contributed by atoms with van der Waals surface area (Å²) < 4.78 is 9.62. The Morgan fingerprint density at radius 3 is 2.60 bits per heavy atom. The predicted octanol–water partition coefficient (Wildman–Crippen LogP) is 1.40. The lowest BCUT2D eigenvalue weighted by atomic mass is 10.2. The van der Waals surface area contributed by atoms with Gasteiger partial charge in [-0.2, -0.15) is 0 Å². The van der Waals surface area contributed by atoms with E-state index in [1.165, 1.54) is 7.11 Å². The Bertz CT molecular complexity index is 391. The van der Waals surface area contributed by atoms with Crippen LogP contribution in [0, 0.1) is 0 Å². The molecule has 0 spiro atoms. The van der Waals surface area contributed by atoms with Gasteiger partial charge in [-0.05, 0) is 12.8 Å². The number of hydrogen-bond acceptors (Lipinski definition) is 5. The number of methoxy groups -OCH3 is 1. The van der Waals surface area contributed by atoms with Crippen LogP contribution in [0.15, 0.2) is 12.2 Å². The lowest BCUT2D eigenvalue weighted by molar-refractivity contribution is -0.160. The van der Waals surface area contributed by atoms with E-state index in [1.807, 2.05) is 6.92 Å². The molecule has 1 fully saturated rings. The first kappa shape index (κ1) is 16.2. The summed E-state index contributed by atoms with van der Waals surface area (Å²) in [5.74, 6) is -1.26. The number of esters is 2. The summed E-state index contributed by atoms with van der Waals surface area (Å²) in [6.45, 7) is 2.45. The second-order valence-corrected chi connectivity index (χ2v) is 4.55. The topological polar surface area (TPSA) is 72.9 Å². The highest BCUT2D eigenvalue weighted by molar-refractivity contribution is 5.91. The Morgan fingerprint density at radius 2 is 1.95 bits per heavy atom. The molecule has 0 bridgehead atoms. The fourth-order valence-corrected chi connectivity index (χ4v) is 2.05. The van der Waals surface area contributed by atoms with Crippen molar-refractivity contribution in [3.05, 3.63) is 12.2 Å². The standard InChI is InChI=1S/C14H21NO5/c1-3-12(15-10-6-4-5-7-11(15)16)20-14(18)9-8-13(17)19-2/h8-9,12H,3-7,10H2,1-2H3/b9-8-. The molecule has 6 nitrogen and oxygen atoms in total. The van der Waals surface area contributed by atoms with Gasteiger partial charge in [-0.3, -0.25) is 4.79 Å². The number of carbonyl (C=O) groups excluding carboxylic acids is 3. The van der Waals surface area contributed by atoms with E-state index in [-0.39, 0.29) is 5.91 Å². The van der Waals surface area contributed by atoms with Crippen molar-refractivity contribution in [2.24, 2.45) is 0 Å². The summed E-state index contributed by atoms with van der Waals surface area (Å²) in [6, 6.07) is 0. The van der Waals surface area contributed by atoms with E-state index in [0.29, 0.717) is 19.4 Å².